The molecule has 1 amide bonds. The second-order valence-electron chi connectivity index (χ2n) is 6.23. The average molecular weight is 399 g/mol. The van der Waals surface area contributed by atoms with Crippen LogP contribution in [-0.4, -0.2) is 39.6 Å². The quantitative estimate of drug-likeness (QED) is 0.452. The summed E-state index contributed by atoms with van der Waals surface area (Å²) in [6.45, 7) is 5.61. The highest BCUT2D eigenvalue weighted by atomic mass is 32.2. The molecule has 0 aliphatic heterocycles. The lowest BCUT2D eigenvalue weighted by Crippen LogP contribution is -2.31. The molecule has 3 aromatic rings. The molecule has 0 atom stereocenters. The van der Waals surface area contributed by atoms with Gasteiger partial charge in [0.15, 0.2) is 5.16 Å². The van der Waals surface area contributed by atoms with Gasteiger partial charge < -0.3 is 10.2 Å². The van der Waals surface area contributed by atoms with Gasteiger partial charge in [-0.15, -0.1) is 0 Å². The zero-order valence-electron chi connectivity index (χ0n) is 16.0. The molecule has 0 saturated heterocycles. The number of aromatic nitrogens is 2. The minimum absolute atomic E-state index is 0.0291. The van der Waals surface area contributed by atoms with Crippen molar-refractivity contribution in [3.8, 4) is 0 Å². The summed E-state index contributed by atoms with van der Waals surface area (Å²) in [5.41, 5.74) is 1.62. The van der Waals surface area contributed by atoms with Crippen LogP contribution in [0.15, 0.2) is 53.7 Å². The van der Waals surface area contributed by atoms with Gasteiger partial charge in [0.05, 0.1) is 11.3 Å². The Balaban J connectivity index is 1.70. The number of carbonyl (C=O) groups is 1. The third kappa shape index (κ3) is 4.98. The number of nitrogens with zero attached hydrogens (tertiary/aromatic N) is 3. The molecule has 0 fully saturated rings. The van der Waals surface area contributed by atoms with Gasteiger partial charge in [0, 0.05) is 25.0 Å². The Bertz CT molecular complexity index is 966. The Morgan fingerprint density at radius 1 is 1.14 bits per heavy atom. The highest BCUT2D eigenvalue weighted by Crippen LogP contribution is 2.24. The fourth-order valence-electron chi connectivity index (χ4n) is 2.87. The molecule has 0 spiro atoms. The topological polar surface area (TPSA) is 58.1 Å². The summed E-state index contributed by atoms with van der Waals surface area (Å²) in [6, 6.07) is 14.1. The van der Waals surface area contributed by atoms with Crippen molar-refractivity contribution >= 4 is 34.4 Å². The van der Waals surface area contributed by atoms with Crippen LogP contribution in [0.5, 0.6) is 0 Å². The highest BCUT2D eigenvalue weighted by Gasteiger charge is 2.15. The molecule has 3 rings (SSSR count). The summed E-state index contributed by atoms with van der Waals surface area (Å²) in [7, 11) is 0. The van der Waals surface area contributed by atoms with Crippen molar-refractivity contribution in [1.29, 1.82) is 0 Å². The van der Waals surface area contributed by atoms with E-state index in [2.05, 4.69) is 15.3 Å². The zero-order chi connectivity index (χ0) is 19.9. The maximum atomic E-state index is 13.4. The molecule has 28 heavy (non-hydrogen) atoms. The van der Waals surface area contributed by atoms with E-state index in [0.717, 1.165) is 28.8 Å². The van der Waals surface area contributed by atoms with Crippen LogP contribution in [0, 0.1) is 5.82 Å². The molecule has 0 aliphatic carbocycles. The van der Waals surface area contributed by atoms with Gasteiger partial charge in [-0.2, -0.15) is 0 Å². The van der Waals surface area contributed by atoms with Crippen molar-refractivity contribution in [2.75, 3.05) is 24.2 Å². The number of fused-ring (bicyclic) bond motifs is 1. The largest absolute Gasteiger partial charge is 0.370 e. The minimum Gasteiger partial charge on any atom is -0.370 e. The predicted molar refractivity (Wildman–Crippen MR) is 112 cm³/mol. The number of para-hydroxylation sites is 1. The first-order chi connectivity index (χ1) is 13.6. The van der Waals surface area contributed by atoms with Gasteiger partial charge in [-0.1, -0.05) is 36.0 Å². The SMILES string of the molecule is CCNc1nc(SCC(=O)N(CC)Cc2cccc(F)c2)nc2ccccc12. The maximum Gasteiger partial charge on any atom is 0.233 e. The smallest absolute Gasteiger partial charge is 0.233 e. The van der Waals surface area contributed by atoms with Crippen LogP contribution in [0.1, 0.15) is 19.4 Å². The maximum absolute atomic E-state index is 13.4. The Morgan fingerprint density at radius 3 is 2.71 bits per heavy atom. The van der Waals surface area contributed by atoms with Gasteiger partial charge in [-0.25, -0.2) is 14.4 Å². The molecular formula is C21H23FN4OS. The van der Waals surface area contributed by atoms with Crippen LogP contribution in [0.2, 0.25) is 0 Å². The Kier molecular flexibility index (Phi) is 6.81. The lowest BCUT2D eigenvalue weighted by atomic mass is 10.2. The molecule has 5 nitrogen and oxygen atoms in total. The molecule has 0 unspecified atom stereocenters. The third-order valence-corrected chi connectivity index (χ3v) is 5.08. The fourth-order valence-corrected chi connectivity index (χ4v) is 3.63. The van der Waals surface area contributed by atoms with Gasteiger partial charge in [0.25, 0.3) is 0 Å². The third-order valence-electron chi connectivity index (χ3n) is 4.25. The summed E-state index contributed by atoms with van der Waals surface area (Å²) >= 11 is 1.31. The number of halogens is 1. The Labute approximate surface area is 168 Å². The molecule has 0 aliphatic rings. The summed E-state index contributed by atoms with van der Waals surface area (Å²) in [5.74, 6) is 0.678. The molecule has 0 bridgehead atoms. The van der Waals surface area contributed by atoms with Gasteiger partial charge in [-0.05, 0) is 43.7 Å². The van der Waals surface area contributed by atoms with Crippen LogP contribution in [0.25, 0.3) is 10.9 Å². The van der Waals surface area contributed by atoms with Gasteiger partial charge in [0.2, 0.25) is 5.91 Å². The fraction of sp³-hybridized carbons (Fsp3) is 0.286. The van der Waals surface area contributed by atoms with Gasteiger partial charge in [0.1, 0.15) is 11.6 Å². The van der Waals surface area contributed by atoms with Crippen LogP contribution >= 0.6 is 11.8 Å². The zero-order valence-corrected chi connectivity index (χ0v) is 16.8. The van der Waals surface area contributed by atoms with Crippen molar-refractivity contribution in [3.63, 3.8) is 0 Å². The number of carbonyl (C=O) groups excluding carboxylic acids is 1. The highest BCUT2D eigenvalue weighted by molar-refractivity contribution is 7.99. The second kappa shape index (κ2) is 9.50. The van der Waals surface area contributed by atoms with Crippen LogP contribution < -0.4 is 5.32 Å². The van der Waals surface area contributed by atoms with Gasteiger partial charge >= 0.3 is 0 Å². The molecule has 146 valence electrons. The number of hydrogen-bond acceptors (Lipinski definition) is 5. The van der Waals surface area contributed by atoms with Crippen molar-refractivity contribution in [2.45, 2.75) is 25.5 Å². The van der Waals surface area contributed by atoms with E-state index >= 15 is 0 Å². The number of amides is 1. The van der Waals surface area contributed by atoms with E-state index in [0.29, 0.717) is 18.2 Å². The summed E-state index contributed by atoms with van der Waals surface area (Å²) in [4.78, 5) is 23.5. The van der Waals surface area contributed by atoms with Crippen LogP contribution in [0.3, 0.4) is 0 Å². The molecule has 0 saturated carbocycles. The van der Waals surface area contributed by atoms with E-state index in [1.54, 1.807) is 11.0 Å². The lowest BCUT2D eigenvalue weighted by Gasteiger charge is -2.21. The van der Waals surface area contributed by atoms with E-state index in [1.807, 2.05) is 44.2 Å². The van der Waals surface area contributed by atoms with Crippen molar-refractivity contribution in [3.05, 3.63) is 59.9 Å². The van der Waals surface area contributed by atoms with Gasteiger partial charge in [-0.3, -0.25) is 4.79 Å². The molecule has 7 heteroatoms. The molecule has 0 radical (unpaired) electrons. The Hall–Kier alpha value is -2.67. The number of benzene rings is 2. The number of thioether (sulfide) groups is 1. The van der Waals surface area contributed by atoms with Crippen molar-refractivity contribution in [2.24, 2.45) is 0 Å². The first-order valence-electron chi connectivity index (χ1n) is 9.26. The number of rotatable bonds is 8. The minimum atomic E-state index is -0.295. The number of hydrogen-bond donors (Lipinski definition) is 1. The molecular weight excluding hydrogens is 375 g/mol. The average Bonchev–Trinajstić information content (AvgIpc) is 2.70. The van der Waals surface area contributed by atoms with Crippen molar-refractivity contribution < 1.29 is 9.18 Å². The second-order valence-corrected chi connectivity index (χ2v) is 7.17. The number of anilines is 1. The van der Waals surface area contributed by atoms with E-state index < -0.39 is 0 Å². The van der Waals surface area contributed by atoms with Crippen LogP contribution in [-0.2, 0) is 11.3 Å². The van der Waals surface area contributed by atoms with Crippen LogP contribution in [0.4, 0.5) is 10.2 Å². The van der Waals surface area contributed by atoms with E-state index in [9.17, 15) is 9.18 Å². The van der Waals surface area contributed by atoms with E-state index in [4.69, 9.17) is 0 Å². The predicted octanol–water partition coefficient (Wildman–Crippen LogP) is 4.34. The van der Waals surface area contributed by atoms with E-state index in [1.165, 1.54) is 23.9 Å². The monoisotopic (exact) mass is 398 g/mol. The first-order valence-corrected chi connectivity index (χ1v) is 10.2. The summed E-state index contributed by atoms with van der Waals surface area (Å²) in [5, 5.41) is 4.77. The molecule has 1 heterocycles. The number of nitrogens with one attached hydrogen (secondary N) is 1. The summed E-state index contributed by atoms with van der Waals surface area (Å²) in [6.07, 6.45) is 0. The standard InChI is InChI=1S/C21H23FN4OS/c1-3-23-20-17-10-5-6-11-18(17)24-21(25-20)28-14-19(27)26(4-2)13-15-8-7-9-16(22)12-15/h5-12H,3-4,13-14H2,1-2H3,(H,23,24,25). The molecule has 1 N–H and O–H groups in total. The van der Waals surface area contributed by atoms with E-state index in [-0.39, 0.29) is 17.5 Å². The van der Waals surface area contributed by atoms with Crippen molar-refractivity contribution in [1.82, 2.24) is 14.9 Å². The summed E-state index contributed by atoms with van der Waals surface area (Å²) < 4.78 is 13.4. The Morgan fingerprint density at radius 2 is 1.96 bits per heavy atom. The molecule has 2 aromatic carbocycles. The lowest BCUT2D eigenvalue weighted by molar-refractivity contribution is -0.128. The first kappa shape index (κ1) is 20.1. The molecule has 1 aromatic heterocycles. The normalized spacial score (nSPS) is 10.8.